The molecule has 1 aromatic rings. The normalized spacial score (nSPS) is 23.3. The highest BCUT2D eigenvalue weighted by Gasteiger charge is 2.30. The zero-order valence-corrected chi connectivity index (χ0v) is 14.0. The average molecular weight is 309 g/mol. The van der Waals surface area contributed by atoms with Gasteiger partial charge in [0.15, 0.2) is 5.13 Å². The molecule has 0 aromatic carbocycles. The van der Waals surface area contributed by atoms with E-state index in [9.17, 15) is 0 Å². The smallest absolute Gasteiger partial charge is 0.185 e. The largest absolute Gasteiger partial charge is 0.377 e. The summed E-state index contributed by atoms with van der Waals surface area (Å²) in [4.78, 5) is 8.88. The lowest BCUT2D eigenvalue weighted by Crippen LogP contribution is -2.29. The SMILES string of the molecule is CCCNCc1sc(N2CCCOC(C)C2)nc1C1CC1. The Morgan fingerprint density at radius 3 is 3.05 bits per heavy atom. The predicted molar refractivity (Wildman–Crippen MR) is 88.3 cm³/mol. The van der Waals surface area contributed by atoms with E-state index in [1.807, 2.05) is 11.3 Å². The molecule has 2 fully saturated rings. The summed E-state index contributed by atoms with van der Waals surface area (Å²) in [6.45, 7) is 9.37. The maximum Gasteiger partial charge on any atom is 0.185 e. The molecule has 118 valence electrons. The summed E-state index contributed by atoms with van der Waals surface area (Å²) in [7, 11) is 0. The highest BCUT2D eigenvalue weighted by molar-refractivity contribution is 7.15. The van der Waals surface area contributed by atoms with Crippen molar-refractivity contribution in [3.8, 4) is 0 Å². The van der Waals surface area contributed by atoms with E-state index >= 15 is 0 Å². The monoisotopic (exact) mass is 309 g/mol. The first-order valence-corrected chi connectivity index (χ1v) is 9.16. The lowest BCUT2D eigenvalue weighted by Gasteiger charge is -2.20. The van der Waals surface area contributed by atoms with Crippen LogP contribution in [0.2, 0.25) is 0 Å². The minimum atomic E-state index is 0.308. The number of nitrogens with zero attached hydrogens (tertiary/aromatic N) is 2. The third kappa shape index (κ3) is 3.96. The fourth-order valence-electron chi connectivity index (χ4n) is 2.84. The van der Waals surface area contributed by atoms with Crippen LogP contribution in [0.15, 0.2) is 0 Å². The summed E-state index contributed by atoms with van der Waals surface area (Å²) in [6, 6.07) is 0. The van der Waals surface area contributed by atoms with Gasteiger partial charge in [0.1, 0.15) is 0 Å². The van der Waals surface area contributed by atoms with Crippen molar-refractivity contribution in [3.05, 3.63) is 10.6 Å². The van der Waals surface area contributed by atoms with Crippen molar-refractivity contribution in [2.75, 3.05) is 31.1 Å². The number of ether oxygens (including phenoxy) is 1. The minimum absolute atomic E-state index is 0.308. The van der Waals surface area contributed by atoms with E-state index in [1.165, 1.54) is 35.0 Å². The maximum atomic E-state index is 5.75. The summed E-state index contributed by atoms with van der Waals surface area (Å²) < 4.78 is 5.75. The second-order valence-electron chi connectivity index (χ2n) is 6.24. The van der Waals surface area contributed by atoms with E-state index in [0.717, 1.165) is 45.1 Å². The van der Waals surface area contributed by atoms with Crippen molar-refractivity contribution in [1.82, 2.24) is 10.3 Å². The van der Waals surface area contributed by atoms with Gasteiger partial charge >= 0.3 is 0 Å². The predicted octanol–water partition coefficient (Wildman–Crippen LogP) is 3.14. The molecule has 5 heteroatoms. The fourth-order valence-corrected chi connectivity index (χ4v) is 3.99. The second kappa shape index (κ2) is 7.07. The van der Waals surface area contributed by atoms with E-state index in [0.29, 0.717) is 6.10 Å². The first-order chi connectivity index (χ1) is 10.3. The molecule has 1 saturated heterocycles. The van der Waals surface area contributed by atoms with Gasteiger partial charge in [-0.3, -0.25) is 0 Å². The van der Waals surface area contributed by atoms with E-state index in [-0.39, 0.29) is 0 Å². The number of rotatable bonds is 6. The highest BCUT2D eigenvalue weighted by atomic mass is 32.1. The van der Waals surface area contributed by atoms with E-state index in [1.54, 1.807) is 0 Å². The number of hydrogen-bond acceptors (Lipinski definition) is 5. The molecule has 2 aliphatic rings. The van der Waals surface area contributed by atoms with Crippen LogP contribution >= 0.6 is 11.3 Å². The first kappa shape index (κ1) is 15.3. The lowest BCUT2D eigenvalue weighted by atomic mass is 10.2. The molecule has 1 aromatic heterocycles. The van der Waals surface area contributed by atoms with Gasteiger partial charge in [0, 0.05) is 37.0 Å². The van der Waals surface area contributed by atoms with Crippen LogP contribution in [-0.4, -0.2) is 37.3 Å². The molecule has 21 heavy (non-hydrogen) atoms. The molecule has 4 nitrogen and oxygen atoms in total. The van der Waals surface area contributed by atoms with Gasteiger partial charge in [-0.2, -0.15) is 0 Å². The molecule has 2 heterocycles. The Labute approximate surface area is 131 Å². The third-order valence-corrected chi connectivity index (χ3v) is 5.25. The number of anilines is 1. The fraction of sp³-hybridized carbons (Fsp3) is 0.812. The number of nitrogens with one attached hydrogen (secondary N) is 1. The van der Waals surface area contributed by atoms with Crippen LogP contribution in [0.4, 0.5) is 5.13 Å². The molecule has 1 N–H and O–H groups in total. The summed E-state index contributed by atoms with van der Waals surface area (Å²) in [5.41, 5.74) is 1.37. The van der Waals surface area contributed by atoms with Gasteiger partial charge in [-0.1, -0.05) is 6.92 Å². The standard InChI is InChI=1S/C16H27N3OS/c1-3-7-17-10-14-15(13-5-6-13)18-16(21-14)19-8-4-9-20-12(2)11-19/h12-13,17H,3-11H2,1-2H3. The summed E-state index contributed by atoms with van der Waals surface area (Å²) in [6.07, 6.45) is 5.24. The van der Waals surface area contributed by atoms with Gasteiger partial charge in [-0.25, -0.2) is 4.98 Å². The number of hydrogen-bond donors (Lipinski definition) is 1. The Kier molecular flexibility index (Phi) is 5.14. The van der Waals surface area contributed by atoms with Crippen molar-refractivity contribution < 1.29 is 4.74 Å². The van der Waals surface area contributed by atoms with Crippen molar-refractivity contribution in [1.29, 1.82) is 0 Å². The van der Waals surface area contributed by atoms with Crippen molar-refractivity contribution in [2.24, 2.45) is 0 Å². The molecule has 1 aliphatic heterocycles. The Morgan fingerprint density at radius 1 is 1.43 bits per heavy atom. The van der Waals surface area contributed by atoms with Crippen molar-refractivity contribution in [2.45, 2.75) is 58.1 Å². The van der Waals surface area contributed by atoms with Crippen LogP contribution in [0.25, 0.3) is 0 Å². The molecular weight excluding hydrogens is 282 g/mol. The number of thiazole rings is 1. The van der Waals surface area contributed by atoms with Crippen molar-refractivity contribution >= 4 is 16.5 Å². The topological polar surface area (TPSA) is 37.4 Å². The van der Waals surface area contributed by atoms with Gasteiger partial charge in [0.05, 0.1) is 11.8 Å². The van der Waals surface area contributed by atoms with Crippen LogP contribution in [0.1, 0.15) is 56.0 Å². The maximum absolute atomic E-state index is 5.75. The van der Waals surface area contributed by atoms with Gasteiger partial charge in [0.25, 0.3) is 0 Å². The zero-order chi connectivity index (χ0) is 14.7. The minimum Gasteiger partial charge on any atom is -0.377 e. The van der Waals surface area contributed by atoms with Gasteiger partial charge < -0.3 is 15.0 Å². The molecule has 0 radical (unpaired) electrons. The molecule has 0 spiro atoms. The molecule has 3 rings (SSSR count). The Bertz CT molecular complexity index is 458. The second-order valence-corrected chi connectivity index (χ2v) is 7.30. The molecule has 1 atom stereocenters. The van der Waals surface area contributed by atoms with E-state index in [4.69, 9.17) is 9.72 Å². The molecule has 1 unspecified atom stereocenters. The van der Waals surface area contributed by atoms with Gasteiger partial charge in [-0.15, -0.1) is 11.3 Å². The first-order valence-electron chi connectivity index (χ1n) is 8.34. The van der Waals surface area contributed by atoms with Gasteiger partial charge in [-0.05, 0) is 39.2 Å². The van der Waals surface area contributed by atoms with Crippen LogP contribution in [0.3, 0.4) is 0 Å². The summed E-state index contributed by atoms with van der Waals surface area (Å²) >= 11 is 1.89. The average Bonchev–Trinajstić information content (AvgIpc) is 3.26. The summed E-state index contributed by atoms with van der Waals surface area (Å²) in [5, 5.41) is 4.75. The molecule has 1 saturated carbocycles. The molecule has 1 aliphatic carbocycles. The quantitative estimate of drug-likeness (QED) is 0.819. The summed E-state index contributed by atoms with van der Waals surface area (Å²) in [5.74, 6) is 0.731. The molecular formula is C16H27N3OS. The van der Waals surface area contributed by atoms with Crippen LogP contribution in [0, 0.1) is 0 Å². The third-order valence-electron chi connectivity index (χ3n) is 4.12. The zero-order valence-electron chi connectivity index (χ0n) is 13.2. The highest BCUT2D eigenvalue weighted by Crippen LogP contribution is 2.44. The van der Waals surface area contributed by atoms with E-state index < -0.39 is 0 Å². The van der Waals surface area contributed by atoms with E-state index in [2.05, 4.69) is 24.1 Å². The van der Waals surface area contributed by atoms with Crippen LogP contribution < -0.4 is 10.2 Å². The Hall–Kier alpha value is -0.650. The van der Waals surface area contributed by atoms with Crippen LogP contribution in [-0.2, 0) is 11.3 Å². The molecule has 0 bridgehead atoms. The van der Waals surface area contributed by atoms with Gasteiger partial charge in [0.2, 0.25) is 0 Å². The Morgan fingerprint density at radius 2 is 2.29 bits per heavy atom. The molecule has 0 amide bonds. The Balaban J connectivity index is 1.73. The lowest BCUT2D eigenvalue weighted by molar-refractivity contribution is 0.0821. The number of aromatic nitrogens is 1. The van der Waals surface area contributed by atoms with Crippen molar-refractivity contribution in [3.63, 3.8) is 0 Å². The van der Waals surface area contributed by atoms with Crippen LogP contribution in [0.5, 0.6) is 0 Å².